The summed E-state index contributed by atoms with van der Waals surface area (Å²) in [6.07, 6.45) is -1.52. The standard InChI is InChI=1S/C26H22F3N5O4/c1-2-37-25(36)33-10-9-20-21(14-33)30-15-31-23(20)38-19-6-7-22-16(12-19)8-11-34(22)24(35)32-18-5-3-4-17(13-18)26(27,28)29/h3-8,11-13,15H,2,9-10,14H2,1H3,(H,32,35). The number of hydrogen-bond donors (Lipinski definition) is 1. The number of benzene rings is 2. The predicted octanol–water partition coefficient (Wildman–Crippen LogP) is 5.84. The van der Waals surface area contributed by atoms with E-state index in [0.717, 1.165) is 17.7 Å². The Morgan fingerprint density at radius 2 is 1.95 bits per heavy atom. The van der Waals surface area contributed by atoms with Crippen molar-refractivity contribution in [3.8, 4) is 11.6 Å². The number of anilines is 1. The molecule has 4 aromatic rings. The number of ether oxygens (including phenoxy) is 2. The minimum Gasteiger partial charge on any atom is -0.450 e. The average Bonchev–Trinajstić information content (AvgIpc) is 3.32. The Labute approximate surface area is 214 Å². The van der Waals surface area contributed by atoms with Crippen LogP contribution in [0.1, 0.15) is 23.7 Å². The molecule has 0 fully saturated rings. The van der Waals surface area contributed by atoms with E-state index in [9.17, 15) is 22.8 Å². The van der Waals surface area contributed by atoms with Gasteiger partial charge in [0.15, 0.2) is 0 Å². The van der Waals surface area contributed by atoms with Crippen LogP contribution >= 0.6 is 0 Å². The van der Waals surface area contributed by atoms with Crippen molar-refractivity contribution in [2.45, 2.75) is 26.1 Å². The van der Waals surface area contributed by atoms with E-state index in [0.29, 0.717) is 41.2 Å². The van der Waals surface area contributed by atoms with Gasteiger partial charge in [-0.2, -0.15) is 13.2 Å². The molecule has 0 spiro atoms. The Kier molecular flexibility index (Phi) is 6.62. The first-order valence-electron chi connectivity index (χ1n) is 11.7. The molecule has 0 saturated heterocycles. The zero-order valence-corrected chi connectivity index (χ0v) is 20.2. The van der Waals surface area contributed by atoms with Crippen molar-refractivity contribution in [3.63, 3.8) is 0 Å². The quantitative estimate of drug-likeness (QED) is 0.360. The van der Waals surface area contributed by atoms with Crippen molar-refractivity contribution >= 4 is 28.7 Å². The van der Waals surface area contributed by atoms with Gasteiger partial charge in [0, 0.05) is 29.4 Å². The number of alkyl halides is 3. The van der Waals surface area contributed by atoms with Crippen LogP contribution in [0.15, 0.2) is 61.1 Å². The number of carbonyl (C=O) groups excluding carboxylic acids is 2. The number of nitrogens with one attached hydrogen (secondary N) is 1. The number of nitrogens with zero attached hydrogens (tertiary/aromatic N) is 4. The maximum Gasteiger partial charge on any atom is 0.416 e. The highest BCUT2D eigenvalue weighted by Gasteiger charge is 2.30. The Balaban J connectivity index is 1.33. The molecule has 0 unspecified atom stereocenters. The fourth-order valence-electron chi connectivity index (χ4n) is 4.21. The first kappa shape index (κ1) is 25.1. The molecule has 9 nitrogen and oxygen atoms in total. The molecule has 2 aromatic carbocycles. The average molecular weight is 525 g/mol. The molecule has 1 aliphatic heterocycles. The molecule has 0 aliphatic carbocycles. The summed E-state index contributed by atoms with van der Waals surface area (Å²) in [5, 5.41) is 3.17. The van der Waals surface area contributed by atoms with Crippen LogP contribution in [0, 0.1) is 0 Å². The summed E-state index contributed by atoms with van der Waals surface area (Å²) in [4.78, 5) is 35.0. The molecule has 196 valence electrons. The minimum absolute atomic E-state index is 0.0293. The summed E-state index contributed by atoms with van der Waals surface area (Å²) < 4.78 is 51.4. The lowest BCUT2D eigenvalue weighted by atomic mass is 10.1. The highest BCUT2D eigenvalue weighted by Crippen LogP contribution is 2.32. The number of hydrogen-bond acceptors (Lipinski definition) is 6. The van der Waals surface area contributed by atoms with Crippen molar-refractivity contribution in [3.05, 3.63) is 77.9 Å². The van der Waals surface area contributed by atoms with Gasteiger partial charge in [0.1, 0.15) is 12.1 Å². The number of amides is 2. The van der Waals surface area contributed by atoms with E-state index in [1.54, 1.807) is 36.1 Å². The number of aromatic nitrogens is 3. The second-order valence-corrected chi connectivity index (χ2v) is 8.49. The summed E-state index contributed by atoms with van der Waals surface area (Å²) in [6.45, 7) is 2.77. The molecular weight excluding hydrogens is 503 g/mol. The third-order valence-corrected chi connectivity index (χ3v) is 6.03. The van der Waals surface area contributed by atoms with Crippen LogP contribution in [0.3, 0.4) is 0 Å². The van der Waals surface area contributed by atoms with Gasteiger partial charge < -0.3 is 19.7 Å². The van der Waals surface area contributed by atoms with E-state index in [2.05, 4.69) is 15.3 Å². The topological polar surface area (TPSA) is 98.6 Å². The summed E-state index contributed by atoms with van der Waals surface area (Å²) in [5.74, 6) is 0.849. The van der Waals surface area contributed by atoms with Crippen molar-refractivity contribution in [2.24, 2.45) is 0 Å². The van der Waals surface area contributed by atoms with Crippen molar-refractivity contribution in [2.75, 3.05) is 18.5 Å². The minimum atomic E-state index is -4.51. The highest BCUT2D eigenvalue weighted by molar-refractivity contribution is 5.98. The smallest absolute Gasteiger partial charge is 0.416 e. The zero-order valence-electron chi connectivity index (χ0n) is 20.2. The van der Waals surface area contributed by atoms with Crippen molar-refractivity contribution in [1.29, 1.82) is 0 Å². The van der Waals surface area contributed by atoms with Gasteiger partial charge >= 0.3 is 18.3 Å². The molecule has 3 heterocycles. The summed E-state index contributed by atoms with van der Waals surface area (Å²) in [7, 11) is 0. The molecule has 0 bridgehead atoms. The zero-order chi connectivity index (χ0) is 26.9. The van der Waals surface area contributed by atoms with Gasteiger partial charge in [0.25, 0.3) is 0 Å². The Hall–Kier alpha value is -4.61. The molecule has 2 amide bonds. The molecule has 12 heteroatoms. The number of fused-ring (bicyclic) bond motifs is 2. The fraction of sp³-hybridized carbons (Fsp3) is 0.231. The molecule has 38 heavy (non-hydrogen) atoms. The largest absolute Gasteiger partial charge is 0.450 e. The molecular formula is C26H22F3N5O4. The lowest BCUT2D eigenvalue weighted by molar-refractivity contribution is -0.137. The van der Waals surface area contributed by atoms with Crippen LogP contribution in [0.2, 0.25) is 0 Å². The first-order chi connectivity index (χ1) is 18.2. The van der Waals surface area contributed by atoms with E-state index in [-0.39, 0.29) is 18.8 Å². The van der Waals surface area contributed by atoms with Crippen LogP contribution in [0.25, 0.3) is 10.9 Å². The summed E-state index contributed by atoms with van der Waals surface area (Å²) >= 11 is 0. The van der Waals surface area contributed by atoms with E-state index in [1.807, 2.05) is 0 Å². The van der Waals surface area contributed by atoms with Crippen molar-refractivity contribution in [1.82, 2.24) is 19.4 Å². The number of halogens is 3. The normalized spacial score (nSPS) is 13.2. The number of rotatable bonds is 4. The monoisotopic (exact) mass is 525 g/mol. The highest BCUT2D eigenvalue weighted by atomic mass is 19.4. The molecule has 0 saturated carbocycles. The van der Waals surface area contributed by atoms with E-state index in [1.165, 1.54) is 29.2 Å². The molecule has 2 aromatic heterocycles. The summed E-state index contributed by atoms with van der Waals surface area (Å²) in [6, 6.07) is 10.6. The van der Waals surface area contributed by atoms with Crippen LogP contribution in [0.5, 0.6) is 11.6 Å². The molecule has 1 N–H and O–H groups in total. The Bertz CT molecular complexity index is 1520. The van der Waals surface area contributed by atoms with Gasteiger partial charge in [-0.3, -0.25) is 4.57 Å². The molecule has 1 aliphatic rings. The van der Waals surface area contributed by atoms with Crippen LogP contribution in [-0.4, -0.2) is 44.7 Å². The first-order valence-corrected chi connectivity index (χ1v) is 11.7. The third-order valence-electron chi connectivity index (χ3n) is 6.03. The lowest BCUT2D eigenvalue weighted by Gasteiger charge is -2.27. The predicted molar refractivity (Wildman–Crippen MR) is 131 cm³/mol. The van der Waals surface area contributed by atoms with Gasteiger partial charge in [-0.1, -0.05) is 6.07 Å². The Morgan fingerprint density at radius 1 is 1.11 bits per heavy atom. The van der Waals surface area contributed by atoms with Gasteiger partial charge in [-0.15, -0.1) is 0 Å². The molecule has 0 atom stereocenters. The lowest BCUT2D eigenvalue weighted by Crippen LogP contribution is -2.37. The third kappa shape index (κ3) is 5.10. The van der Waals surface area contributed by atoms with Gasteiger partial charge in [0.05, 0.1) is 29.9 Å². The molecule has 0 radical (unpaired) electrons. The molecule has 5 rings (SSSR count). The summed E-state index contributed by atoms with van der Waals surface area (Å²) in [5.41, 5.74) is 1.19. The van der Waals surface area contributed by atoms with Crippen LogP contribution in [-0.2, 0) is 23.9 Å². The van der Waals surface area contributed by atoms with Crippen LogP contribution in [0.4, 0.5) is 28.4 Å². The number of carbonyl (C=O) groups is 2. The fourth-order valence-corrected chi connectivity index (χ4v) is 4.21. The van der Waals surface area contributed by atoms with E-state index < -0.39 is 23.9 Å². The van der Waals surface area contributed by atoms with Gasteiger partial charge in [-0.25, -0.2) is 19.6 Å². The van der Waals surface area contributed by atoms with Crippen molar-refractivity contribution < 1.29 is 32.2 Å². The second kappa shape index (κ2) is 10.0. The maximum atomic E-state index is 13.0. The Morgan fingerprint density at radius 3 is 2.74 bits per heavy atom. The maximum absolute atomic E-state index is 13.0. The van der Waals surface area contributed by atoms with Gasteiger partial charge in [-0.05, 0) is 55.8 Å². The van der Waals surface area contributed by atoms with Crippen LogP contribution < -0.4 is 10.1 Å². The van der Waals surface area contributed by atoms with Gasteiger partial charge in [0.2, 0.25) is 5.88 Å². The van der Waals surface area contributed by atoms with E-state index in [4.69, 9.17) is 9.47 Å². The van der Waals surface area contributed by atoms with E-state index >= 15 is 0 Å². The second-order valence-electron chi connectivity index (χ2n) is 8.49. The SMILES string of the molecule is CCOC(=O)N1CCc2c(ncnc2Oc2ccc3c(ccn3C(=O)Nc3cccc(C(F)(F)F)c3)c2)C1.